The van der Waals surface area contributed by atoms with Crippen molar-refractivity contribution in [3.63, 3.8) is 0 Å². The number of phenolic OH excluding ortho intramolecular Hbond substituents is 1. The molecule has 0 aliphatic rings. The van der Waals surface area contributed by atoms with E-state index < -0.39 is 43.0 Å². The number of benzene rings is 1. The first-order valence-electron chi connectivity index (χ1n) is 6.97. The van der Waals surface area contributed by atoms with Gasteiger partial charge in [0, 0.05) is 19.2 Å². The van der Waals surface area contributed by atoms with Gasteiger partial charge in [0.25, 0.3) is 0 Å². The predicted molar refractivity (Wildman–Crippen MR) is 89.2 cm³/mol. The van der Waals surface area contributed by atoms with Crippen molar-refractivity contribution in [1.29, 1.82) is 0 Å². The van der Waals surface area contributed by atoms with Crippen molar-refractivity contribution < 1.29 is 28.0 Å². The Morgan fingerprint density at radius 3 is 2.48 bits per heavy atom. The number of sulfonamides is 1. The van der Waals surface area contributed by atoms with E-state index in [1.165, 1.54) is 0 Å². The normalized spacial score (nSPS) is 11.8. The molecule has 0 atom stereocenters. The maximum Gasteiger partial charge on any atom is 0.407 e. The molecule has 3 N–H and O–H groups in total. The largest absolute Gasteiger partial charge is 0.501 e. The Balaban J connectivity index is 2.79. The van der Waals surface area contributed by atoms with Gasteiger partial charge in [0.15, 0.2) is 0 Å². The molecule has 1 aromatic carbocycles. The summed E-state index contributed by atoms with van der Waals surface area (Å²) in [5, 5.41) is 22.6. The van der Waals surface area contributed by atoms with Crippen LogP contribution < -0.4 is 10.0 Å². The molecular weight excluding hydrogens is 378 g/mol. The summed E-state index contributed by atoms with van der Waals surface area (Å²) in [5.74, 6) is -1.06. The topological polar surface area (TPSA) is 148 Å². The number of rotatable bonds is 6. The molecule has 25 heavy (non-hydrogen) atoms. The van der Waals surface area contributed by atoms with E-state index in [2.05, 4.69) is 10.0 Å². The van der Waals surface area contributed by atoms with E-state index in [0.717, 1.165) is 12.1 Å². The Morgan fingerprint density at radius 1 is 1.36 bits per heavy atom. The lowest BCUT2D eigenvalue weighted by molar-refractivity contribution is -0.386. The Morgan fingerprint density at radius 2 is 1.96 bits per heavy atom. The van der Waals surface area contributed by atoms with Crippen molar-refractivity contribution in [3.8, 4) is 5.75 Å². The molecule has 0 unspecified atom stereocenters. The zero-order valence-electron chi connectivity index (χ0n) is 13.7. The van der Waals surface area contributed by atoms with Crippen LogP contribution in [0, 0.1) is 10.1 Å². The molecule has 0 aliphatic carbocycles. The standard InChI is InChI=1S/C13H18ClN3O7S/c1-13(2,3)24-12(19)15-6-7-16-25(22,23)11-8(14)4-5-9(10(11)18)17(20)21/h4-5,16,18H,6-7H2,1-3H3,(H,15,19). The Hall–Kier alpha value is -2.11. The lowest BCUT2D eigenvalue weighted by atomic mass is 10.2. The number of halogens is 1. The van der Waals surface area contributed by atoms with E-state index in [1.807, 2.05) is 0 Å². The van der Waals surface area contributed by atoms with E-state index >= 15 is 0 Å². The van der Waals surface area contributed by atoms with E-state index in [1.54, 1.807) is 20.8 Å². The van der Waals surface area contributed by atoms with Gasteiger partial charge in [-0.15, -0.1) is 0 Å². The molecular formula is C13H18ClN3O7S. The molecule has 1 aromatic rings. The van der Waals surface area contributed by atoms with Crippen molar-refractivity contribution in [2.75, 3.05) is 13.1 Å². The van der Waals surface area contributed by atoms with Gasteiger partial charge in [0.1, 0.15) is 10.5 Å². The lowest BCUT2D eigenvalue weighted by Gasteiger charge is -2.19. The second-order valence-corrected chi connectivity index (χ2v) is 7.94. The van der Waals surface area contributed by atoms with E-state index in [0.29, 0.717) is 0 Å². The number of phenols is 1. The molecule has 0 aromatic heterocycles. The first-order chi connectivity index (χ1) is 11.3. The predicted octanol–water partition coefficient (Wildman–Crippen LogP) is 1.76. The maximum atomic E-state index is 12.2. The highest BCUT2D eigenvalue weighted by molar-refractivity contribution is 7.89. The molecule has 0 fully saturated rings. The fraction of sp³-hybridized carbons (Fsp3) is 0.462. The van der Waals surface area contributed by atoms with Crippen molar-refractivity contribution in [2.24, 2.45) is 0 Å². The smallest absolute Gasteiger partial charge is 0.407 e. The molecule has 0 spiro atoms. The number of alkyl carbamates (subject to hydrolysis) is 1. The van der Waals surface area contributed by atoms with Gasteiger partial charge in [-0.2, -0.15) is 0 Å². The Kier molecular flexibility index (Phi) is 6.57. The van der Waals surface area contributed by atoms with Gasteiger partial charge in [-0.05, 0) is 26.8 Å². The molecule has 10 nitrogen and oxygen atoms in total. The molecule has 1 rings (SSSR count). The third kappa shape index (κ3) is 6.03. The first-order valence-corrected chi connectivity index (χ1v) is 8.83. The van der Waals surface area contributed by atoms with Crippen LogP contribution >= 0.6 is 11.6 Å². The molecule has 0 heterocycles. The molecule has 12 heteroatoms. The number of aromatic hydroxyl groups is 1. The zero-order chi connectivity index (χ0) is 19.4. The monoisotopic (exact) mass is 395 g/mol. The van der Waals surface area contributed by atoms with Gasteiger partial charge in [0.05, 0.1) is 9.95 Å². The minimum atomic E-state index is -4.34. The van der Waals surface area contributed by atoms with Crippen molar-refractivity contribution in [3.05, 3.63) is 27.3 Å². The molecule has 0 aliphatic heterocycles. The summed E-state index contributed by atoms with van der Waals surface area (Å²) in [6.07, 6.45) is -0.733. The summed E-state index contributed by atoms with van der Waals surface area (Å²) in [6, 6.07) is 1.88. The fourth-order valence-electron chi connectivity index (χ4n) is 1.68. The van der Waals surface area contributed by atoms with Crippen LogP contribution in [0.2, 0.25) is 5.02 Å². The van der Waals surface area contributed by atoms with Gasteiger partial charge in [-0.1, -0.05) is 11.6 Å². The lowest BCUT2D eigenvalue weighted by Crippen LogP contribution is -2.37. The van der Waals surface area contributed by atoms with Gasteiger partial charge < -0.3 is 15.2 Å². The highest BCUT2D eigenvalue weighted by atomic mass is 35.5. The van der Waals surface area contributed by atoms with Crippen LogP contribution in [0.25, 0.3) is 0 Å². The summed E-state index contributed by atoms with van der Waals surface area (Å²) < 4.78 is 31.4. The van der Waals surface area contributed by atoms with Crippen LogP contribution in [0.15, 0.2) is 17.0 Å². The molecule has 0 radical (unpaired) electrons. The second-order valence-electron chi connectivity index (χ2n) is 5.83. The number of nitro groups is 1. The minimum Gasteiger partial charge on any atom is -0.501 e. The average Bonchev–Trinajstić information content (AvgIpc) is 2.41. The van der Waals surface area contributed by atoms with Crippen LogP contribution in [0.4, 0.5) is 10.5 Å². The van der Waals surface area contributed by atoms with Crippen LogP contribution in [0.5, 0.6) is 5.75 Å². The van der Waals surface area contributed by atoms with E-state index in [-0.39, 0.29) is 18.1 Å². The quantitative estimate of drug-likeness (QED) is 0.377. The number of nitrogens with zero attached hydrogens (tertiary/aromatic N) is 1. The maximum absolute atomic E-state index is 12.2. The number of carbonyl (C=O) groups excluding carboxylic acids is 1. The molecule has 0 saturated carbocycles. The summed E-state index contributed by atoms with van der Waals surface area (Å²) >= 11 is 5.74. The van der Waals surface area contributed by atoms with E-state index in [4.69, 9.17) is 16.3 Å². The summed E-state index contributed by atoms with van der Waals surface area (Å²) in [4.78, 5) is 20.5. The van der Waals surface area contributed by atoms with Crippen molar-refractivity contribution in [2.45, 2.75) is 31.3 Å². The third-order valence-corrected chi connectivity index (χ3v) is 4.57. The molecule has 0 bridgehead atoms. The number of hydrogen-bond donors (Lipinski definition) is 3. The Bertz CT molecular complexity index is 775. The summed E-state index contributed by atoms with van der Waals surface area (Å²) in [6.45, 7) is 4.65. The minimum absolute atomic E-state index is 0.110. The van der Waals surface area contributed by atoms with Crippen LogP contribution in [0.3, 0.4) is 0 Å². The van der Waals surface area contributed by atoms with Gasteiger partial charge in [0.2, 0.25) is 15.8 Å². The van der Waals surface area contributed by atoms with Crippen LogP contribution in [-0.2, 0) is 14.8 Å². The van der Waals surface area contributed by atoms with Crippen LogP contribution in [-0.4, -0.2) is 43.2 Å². The number of nitrogens with one attached hydrogen (secondary N) is 2. The first kappa shape index (κ1) is 20.9. The zero-order valence-corrected chi connectivity index (χ0v) is 15.3. The van der Waals surface area contributed by atoms with Crippen molar-refractivity contribution in [1.82, 2.24) is 10.0 Å². The van der Waals surface area contributed by atoms with Crippen molar-refractivity contribution >= 4 is 33.4 Å². The van der Waals surface area contributed by atoms with Gasteiger partial charge >= 0.3 is 11.8 Å². The van der Waals surface area contributed by atoms with Gasteiger partial charge in [-0.25, -0.2) is 17.9 Å². The highest BCUT2D eigenvalue weighted by Crippen LogP contribution is 2.37. The van der Waals surface area contributed by atoms with E-state index in [9.17, 15) is 28.4 Å². The number of hydrogen-bond acceptors (Lipinski definition) is 7. The highest BCUT2D eigenvalue weighted by Gasteiger charge is 2.28. The number of ether oxygens (including phenoxy) is 1. The van der Waals surface area contributed by atoms with Gasteiger partial charge in [-0.3, -0.25) is 10.1 Å². The second kappa shape index (κ2) is 7.85. The number of carbonyl (C=O) groups is 1. The summed E-state index contributed by atoms with van der Waals surface area (Å²) in [7, 11) is -4.34. The summed E-state index contributed by atoms with van der Waals surface area (Å²) in [5.41, 5.74) is -1.50. The molecule has 0 saturated heterocycles. The number of amides is 1. The third-order valence-electron chi connectivity index (χ3n) is 2.61. The molecule has 1 amide bonds. The van der Waals surface area contributed by atoms with Crippen LogP contribution in [0.1, 0.15) is 20.8 Å². The fourth-order valence-corrected chi connectivity index (χ4v) is 3.33. The SMILES string of the molecule is CC(C)(C)OC(=O)NCCNS(=O)(=O)c1c(Cl)ccc([N+](=O)[O-])c1O. The number of nitro benzene ring substituents is 1. The molecule has 140 valence electrons. The average molecular weight is 396 g/mol. The Labute approximate surface area is 149 Å².